The smallest absolute Gasteiger partial charge is 0.342 e. The van der Waals surface area contributed by atoms with Crippen LogP contribution < -0.4 is 5.32 Å². The van der Waals surface area contributed by atoms with E-state index < -0.39 is 29.5 Å². The molecule has 37 heavy (non-hydrogen) atoms. The van der Waals surface area contributed by atoms with Crippen LogP contribution in [0.5, 0.6) is 11.5 Å². The van der Waals surface area contributed by atoms with Crippen molar-refractivity contribution < 1.29 is 34.1 Å². The van der Waals surface area contributed by atoms with Gasteiger partial charge in [-0.25, -0.2) is 4.79 Å². The first kappa shape index (κ1) is 26.2. The van der Waals surface area contributed by atoms with Gasteiger partial charge in [0, 0.05) is 37.8 Å². The molecule has 2 aliphatic heterocycles. The van der Waals surface area contributed by atoms with Crippen molar-refractivity contribution in [1.82, 2.24) is 10.3 Å². The highest BCUT2D eigenvalue weighted by atomic mass is 35.5. The largest absolute Gasteiger partial charge is 0.507 e. The Bertz CT molecular complexity index is 1250. The van der Waals surface area contributed by atoms with Gasteiger partial charge in [0.2, 0.25) is 0 Å². The van der Waals surface area contributed by atoms with Crippen molar-refractivity contribution in [2.45, 2.75) is 44.6 Å². The second-order valence-electron chi connectivity index (χ2n) is 8.59. The number of pyridine rings is 1. The zero-order valence-corrected chi connectivity index (χ0v) is 20.7. The van der Waals surface area contributed by atoms with Crippen molar-refractivity contribution in [3.63, 3.8) is 0 Å². The van der Waals surface area contributed by atoms with Gasteiger partial charge in [-0.05, 0) is 30.2 Å². The minimum Gasteiger partial charge on any atom is -0.507 e. The third-order valence-corrected chi connectivity index (χ3v) is 6.09. The van der Waals surface area contributed by atoms with Crippen LogP contribution in [0, 0.1) is 0 Å². The van der Waals surface area contributed by atoms with Gasteiger partial charge < -0.3 is 29.8 Å². The number of phenols is 2. The van der Waals surface area contributed by atoms with Gasteiger partial charge in [0.15, 0.2) is 6.61 Å². The van der Waals surface area contributed by atoms with Crippen LogP contribution in [-0.4, -0.2) is 57.7 Å². The average Bonchev–Trinajstić information content (AvgIpc) is 3.60. The highest BCUT2D eigenvalue weighted by Gasteiger charge is 2.38. The van der Waals surface area contributed by atoms with Crippen molar-refractivity contribution in [3.8, 4) is 11.5 Å². The molecule has 0 radical (unpaired) electrons. The van der Waals surface area contributed by atoms with Gasteiger partial charge in [-0.15, -0.1) is 0 Å². The van der Waals surface area contributed by atoms with Crippen LogP contribution in [0.25, 0.3) is 0 Å². The topological polar surface area (TPSA) is 143 Å². The Morgan fingerprint density at radius 3 is 2.95 bits per heavy atom. The van der Waals surface area contributed by atoms with Crippen molar-refractivity contribution in [2.75, 3.05) is 6.61 Å². The second kappa shape index (κ2) is 11.9. The van der Waals surface area contributed by atoms with Gasteiger partial charge in [0.05, 0.1) is 16.8 Å². The Kier molecular flexibility index (Phi) is 8.42. The fourth-order valence-electron chi connectivity index (χ4n) is 3.78. The number of aromatic nitrogens is 1. The Balaban J connectivity index is 1.55. The quantitative estimate of drug-likeness (QED) is 0.305. The molecule has 2 aliphatic rings. The molecule has 3 atom stereocenters. The summed E-state index contributed by atoms with van der Waals surface area (Å²) in [5.74, 6) is -2.10. The number of carbonyl (C=O) groups is 2. The van der Waals surface area contributed by atoms with Crippen LogP contribution in [-0.2, 0) is 32.1 Å². The summed E-state index contributed by atoms with van der Waals surface area (Å²) in [6.07, 6.45) is 9.93. The SMILES string of the molecule is CC1CC2OC2C=CC=CC(=NOCC(=O)NCc2cccnc2)Cc2c(Cl)c(O)cc(O)c2C(=O)O1. The Morgan fingerprint density at radius 1 is 1.32 bits per heavy atom. The molecule has 0 saturated carbocycles. The van der Waals surface area contributed by atoms with Crippen molar-refractivity contribution in [3.05, 3.63) is 76.6 Å². The number of allylic oxidation sites excluding steroid dienone is 3. The predicted octanol–water partition coefficient (Wildman–Crippen LogP) is 3.21. The summed E-state index contributed by atoms with van der Waals surface area (Å²) in [7, 11) is 0. The summed E-state index contributed by atoms with van der Waals surface area (Å²) in [6.45, 7) is 1.64. The Labute approximate surface area is 218 Å². The maximum Gasteiger partial charge on any atom is 0.342 e. The van der Waals surface area contributed by atoms with E-state index in [1.807, 2.05) is 12.1 Å². The minimum atomic E-state index is -0.800. The molecule has 4 rings (SSSR count). The lowest BCUT2D eigenvalue weighted by atomic mass is 9.99. The number of oxime groups is 1. The van der Waals surface area contributed by atoms with E-state index >= 15 is 0 Å². The molecule has 3 heterocycles. The molecule has 3 unspecified atom stereocenters. The van der Waals surface area contributed by atoms with E-state index in [1.165, 1.54) is 0 Å². The van der Waals surface area contributed by atoms with Gasteiger partial charge in [0.1, 0.15) is 29.3 Å². The van der Waals surface area contributed by atoms with Crippen LogP contribution in [0.1, 0.15) is 34.8 Å². The first-order valence-corrected chi connectivity index (χ1v) is 12.0. The highest BCUT2D eigenvalue weighted by Crippen LogP contribution is 2.38. The molecule has 3 N–H and O–H groups in total. The molecule has 0 spiro atoms. The summed E-state index contributed by atoms with van der Waals surface area (Å²) in [4.78, 5) is 34.4. The number of nitrogens with zero attached hydrogens (tertiary/aromatic N) is 2. The lowest BCUT2D eigenvalue weighted by Gasteiger charge is -2.17. The van der Waals surface area contributed by atoms with Gasteiger partial charge in [-0.2, -0.15) is 0 Å². The number of hydrogen-bond acceptors (Lipinski definition) is 9. The van der Waals surface area contributed by atoms with Gasteiger partial charge in [0.25, 0.3) is 5.91 Å². The van der Waals surface area contributed by atoms with Gasteiger partial charge in [-0.3, -0.25) is 9.78 Å². The number of rotatable bonds is 5. The summed E-state index contributed by atoms with van der Waals surface area (Å²) < 4.78 is 11.1. The van der Waals surface area contributed by atoms with Crippen LogP contribution >= 0.6 is 11.6 Å². The normalized spacial score (nSPS) is 22.4. The fraction of sp³-hybridized carbons (Fsp3) is 0.308. The molecule has 1 fully saturated rings. The lowest BCUT2D eigenvalue weighted by molar-refractivity contribution is -0.125. The molecule has 0 bridgehead atoms. The molecule has 0 aliphatic carbocycles. The molecule has 11 heteroatoms. The molecule has 2 aromatic rings. The standard InChI is InChI=1S/C26H26ClN3O7/c1-15-9-22-21(37-22)7-3-2-6-17(30-35-14-23(33)29-13-16-5-4-8-28-12-16)10-18-24(26(34)36-15)19(31)11-20(32)25(18)27/h2-8,11-12,15,21-22,31-32H,9-10,13-14H2,1H3,(H,29,33). The van der Waals surface area contributed by atoms with Crippen molar-refractivity contribution >= 4 is 29.2 Å². The van der Waals surface area contributed by atoms with E-state index in [0.29, 0.717) is 6.42 Å². The third-order valence-electron chi connectivity index (χ3n) is 5.67. The number of hydrogen-bond donors (Lipinski definition) is 3. The second-order valence-corrected chi connectivity index (χ2v) is 8.97. The van der Waals surface area contributed by atoms with E-state index in [-0.39, 0.29) is 53.6 Å². The summed E-state index contributed by atoms with van der Waals surface area (Å²) in [5.41, 5.74) is 1.01. The van der Waals surface area contributed by atoms with Gasteiger partial charge in [-0.1, -0.05) is 41.1 Å². The zero-order chi connectivity index (χ0) is 26.4. The predicted molar refractivity (Wildman–Crippen MR) is 134 cm³/mol. The zero-order valence-electron chi connectivity index (χ0n) is 20.0. The molecular weight excluding hydrogens is 502 g/mol. The number of halogens is 1. The molecule has 1 saturated heterocycles. The summed E-state index contributed by atoms with van der Waals surface area (Å²) in [5, 5.41) is 27.2. The van der Waals surface area contributed by atoms with Crippen LogP contribution in [0.15, 0.2) is 60.1 Å². The van der Waals surface area contributed by atoms with Crippen molar-refractivity contribution in [1.29, 1.82) is 0 Å². The van der Waals surface area contributed by atoms with E-state index in [0.717, 1.165) is 11.6 Å². The van der Waals surface area contributed by atoms with E-state index in [9.17, 15) is 19.8 Å². The maximum atomic E-state index is 13.0. The number of ether oxygens (including phenoxy) is 2. The first-order valence-electron chi connectivity index (χ1n) is 11.6. The number of nitrogens with one attached hydrogen (secondary N) is 1. The number of phenolic OH excluding ortho intramolecular Hbond substituents is 2. The first-order chi connectivity index (χ1) is 17.8. The minimum absolute atomic E-state index is 0.0893. The Hall–Kier alpha value is -3.89. The number of fused-ring (bicyclic) bond motifs is 2. The van der Waals surface area contributed by atoms with Crippen LogP contribution in [0.4, 0.5) is 0 Å². The lowest BCUT2D eigenvalue weighted by Crippen LogP contribution is -2.26. The number of carbonyl (C=O) groups excluding carboxylic acids is 2. The number of epoxide rings is 1. The third kappa shape index (κ3) is 7.08. The van der Waals surface area contributed by atoms with Gasteiger partial charge >= 0.3 is 5.97 Å². The number of cyclic esters (lactones) is 1. The highest BCUT2D eigenvalue weighted by molar-refractivity contribution is 6.33. The van der Waals surface area contributed by atoms with E-state index in [1.54, 1.807) is 43.6 Å². The number of aromatic hydroxyl groups is 2. The summed E-state index contributed by atoms with van der Waals surface area (Å²) in [6, 6.07) is 4.58. The fourth-order valence-corrected chi connectivity index (χ4v) is 4.00. The van der Waals surface area contributed by atoms with Crippen LogP contribution in [0.2, 0.25) is 5.02 Å². The molecule has 1 amide bonds. The molecule has 194 valence electrons. The monoisotopic (exact) mass is 527 g/mol. The van der Waals surface area contributed by atoms with Crippen LogP contribution in [0.3, 0.4) is 0 Å². The number of amides is 1. The van der Waals surface area contributed by atoms with E-state index in [2.05, 4.69) is 15.5 Å². The van der Waals surface area contributed by atoms with Crippen molar-refractivity contribution in [2.24, 2.45) is 5.16 Å². The molecular formula is C26H26ClN3O7. The summed E-state index contributed by atoms with van der Waals surface area (Å²) >= 11 is 6.32. The maximum absolute atomic E-state index is 13.0. The Morgan fingerprint density at radius 2 is 2.16 bits per heavy atom. The number of esters is 1. The average molecular weight is 528 g/mol. The number of benzene rings is 1. The molecule has 1 aromatic carbocycles. The molecule has 1 aromatic heterocycles. The van der Waals surface area contributed by atoms with E-state index in [4.69, 9.17) is 25.9 Å². The molecule has 10 nitrogen and oxygen atoms in total.